The molecule has 98 valence electrons. The molecule has 0 saturated heterocycles. The molecule has 0 radical (unpaired) electrons. The second-order valence-electron chi connectivity index (χ2n) is 4.12. The van der Waals surface area contributed by atoms with E-state index in [1.54, 1.807) is 19.9 Å². The van der Waals surface area contributed by atoms with Crippen molar-refractivity contribution >= 4 is 11.9 Å². The number of amides is 1. The summed E-state index contributed by atoms with van der Waals surface area (Å²) in [6.07, 6.45) is 0. The summed E-state index contributed by atoms with van der Waals surface area (Å²) in [6.45, 7) is 3.50. The van der Waals surface area contributed by atoms with Crippen molar-refractivity contribution in [2.75, 3.05) is 13.7 Å². The van der Waals surface area contributed by atoms with Crippen molar-refractivity contribution in [1.29, 1.82) is 0 Å². The number of ether oxygens (including phenoxy) is 1. The van der Waals surface area contributed by atoms with Gasteiger partial charge in [0.15, 0.2) is 0 Å². The zero-order valence-corrected chi connectivity index (χ0v) is 10.6. The summed E-state index contributed by atoms with van der Waals surface area (Å²) < 4.78 is 17.9. The number of hydrogen-bond donors (Lipinski definition) is 1. The molecule has 0 spiro atoms. The van der Waals surface area contributed by atoms with Crippen LogP contribution in [-0.4, -0.2) is 25.5 Å². The van der Waals surface area contributed by atoms with Gasteiger partial charge >= 0.3 is 5.97 Å². The van der Waals surface area contributed by atoms with Crippen LogP contribution in [0.15, 0.2) is 18.2 Å². The third-order valence-corrected chi connectivity index (χ3v) is 2.54. The largest absolute Gasteiger partial charge is 0.469 e. The quantitative estimate of drug-likeness (QED) is 0.830. The van der Waals surface area contributed by atoms with Crippen molar-refractivity contribution in [2.24, 2.45) is 5.92 Å². The van der Waals surface area contributed by atoms with E-state index in [1.165, 1.54) is 19.2 Å². The van der Waals surface area contributed by atoms with Gasteiger partial charge in [-0.25, -0.2) is 4.39 Å². The third-order valence-electron chi connectivity index (χ3n) is 2.54. The summed E-state index contributed by atoms with van der Waals surface area (Å²) in [5.41, 5.74) is 0.773. The third kappa shape index (κ3) is 3.55. The second kappa shape index (κ2) is 6.14. The Morgan fingerprint density at radius 3 is 2.72 bits per heavy atom. The van der Waals surface area contributed by atoms with Gasteiger partial charge < -0.3 is 10.1 Å². The van der Waals surface area contributed by atoms with Crippen LogP contribution in [0.1, 0.15) is 22.8 Å². The number of hydrogen-bond acceptors (Lipinski definition) is 3. The lowest BCUT2D eigenvalue weighted by Crippen LogP contribution is -2.32. The van der Waals surface area contributed by atoms with E-state index in [4.69, 9.17) is 0 Å². The van der Waals surface area contributed by atoms with Gasteiger partial charge in [0.05, 0.1) is 18.6 Å². The predicted molar refractivity (Wildman–Crippen MR) is 64.7 cm³/mol. The van der Waals surface area contributed by atoms with Crippen molar-refractivity contribution in [2.45, 2.75) is 13.8 Å². The molecule has 1 rings (SSSR count). The lowest BCUT2D eigenvalue weighted by molar-refractivity contribution is -0.144. The number of benzene rings is 1. The van der Waals surface area contributed by atoms with Crippen LogP contribution in [0.3, 0.4) is 0 Å². The van der Waals surface area contributed by atoms with Crippen LogP contribution in [0.5, 0.6) is 0 Å². The standard InChI is InChI=1S/C13H16FNO3/c1-8-4-5-11(14)10(6-8)12(16)15-7-9(2)13(17)18-3/h4-6,9H,7H2,1-3H3,(H,15,16)/t9-/m0/s1. The van der Waals surface area contributed by atoms with Gasteiger partial charge in [0.2, 0.25) is 0 Å². The summed E-state index contributed by atoms with van der Waals surface area (Å²) in [7, 11) is 1.28. The lowest BCUT2D eigenvalue weighted by atomic mass is 10.1. The Hall–Kier alpha value is -1.91. The number of aryl methyl sites for hydroxylation is 1. The first-order chi connectivity index (χ1) is 8.45. The van der Waals surface area contributed by atoms with Crippen LogP contribution in [0, 0.1) is 18.7 Å². The van der Waals surface area contributed by atoms with Gasteiger partial charge in [0.25, 0.3) is 5.91 Å². The van der Waals surface area contributed by atoms with Crippen molar-refractivity contribution in [1.82, 2.24) is 5.32 Å². The van der Waals surface area contributed by atoms with Crippen LogP contribution in [0.4, 0.5) is 4.39 Å². The zero-order chi connectivity index (χ0) is 13.7. The monoisotopic (exact) mass is 253 g/mol. The molecular weight excluding hydrogens is 237 g/mol. The first kappa shape index (κ1) is 14.2. The van der Waals surface area contributed by atoms with Crippen LogP contribution < -0.4 is 5.32 Å². The minimum absolute atomic E-state index is 0.0212. The molecular formula is C13H16FNO3. The first-order valence-corrected chi connectivity index (χ1v) is 5.58. The van der Waals surface area contributed by atoms with Gasteiger partial charge in [-0.2, -0.15) is 0 Å². The predicted octanol–water partition coefficient (Wildman–Crippen LogP) is 1.67. The summed E-state index contributed by atoms with van der Waals surface area (Å²) in [6, 6.07) is 4.30. The zero-order valence-electron chi connectivity index (χ0n) is 10.6. The maximum absolute atomic E-state index is 13.4. The van der Waals surface area contributed by atoms with Crippen molar-refractivity contribution in [3.05, 3.63) is 35.1 Å². The molecule has 0 aliphatic carbocycles. The van der Waals surface area contributed by atoms with E-state index in [0.717, 1.165) is 5.56 Å². The fraction of sp³-hybridized carbons (Fsp3) is 0.385. The fourth-order valence-corrected chi connectivity index (χ4v) is 1.44. The summed E-state index contributed by atoms with van der Waals surface area (Å²) in [5, 5.41) is 2.50. The summed E-state index contributed by atoms with van der Waals surface area (Å²) in [4.78, 5) is 22.9. The molecule has 0 fully saturated rings. The van der Waals surface area contributed by atoms with E-state index in [-0.39, 0.29) is 12.1 Å². The molecule has 0 aliphatic rings. The minimum atomic E-state index is -0.580. The Morgan fingerprint density at radius 2 is 2.11 bits per heavy atom. The van der Waals surface area contributed by atoms with Gasteiger partial charge in [-0.05, 0) is 19.1 Å². The number of carbonyl (C=O) groups is 2. The van der Waals surface area contributed by atoms with E-state index >= 15 is 0 Å². The van der Waals surface area contributed by atoms with Crippen LogP contribution in [0.2, 0.25) is 0 Å². The lowest BCUT2D eigenvalue weighted by Gasteiger charge is -2.11. The maximum atomic E-state index is 13.4. The Balaban J connectivity index is 2.66. The molecule has 0 saturated carbocycles. The van der Waals surface area contributed by atoms with E-state index in [2.05, 4.69) is 10.1 Å². The Morgan fingerprint density at radius 1 is 1.44 bits per heavy atom. The van der Waals surface area contributed by atoms with Gasteiger partial charge in [-0.1, -0.05) is 18.6 Å². The number of nitrogens with one attached hydrogen (secondary N) is 1. The summed E-state index contributed by atoms with van der Waals surface area (Å²) >= 11 is 0. The number of carbonyl (C=O) groups excluding carboxylic acids is 2. The summed E-state index contributed by atoms with van der Waals surface area (Å²) in [5.74, 6) is -2.00. The molecule has 0 aliphatic heterocycles. The number of halogens is 1. The molecule has 18 heavy (non-hydrogen) atoms. The van der Waals surface area contributed by atoms with Gasteiger partial charge in [-0.3, -0.25) is 9.59 Å². The van der Waals surface area contributed by atoms with Crippen molar-refractivity contribution < 1.29 is 18.7 Å². The fourth-order valence-electron chi connectivity index (χ4n) is 1.44. The topological polar surface area (TPSA) is 55.4 Å². The molecule has 1 aromatic carbocycles. The SMILES string of the molecule is COC(=O)[C@@H](C)CNC(=O)c1cc(C)ccc1F. The highest BCUT2D eigenvalue weighted by Gasteiger charge is 2.16. The van der Waals surface area contributed by atoms with Crippen molar-refractivity contribution in [3.8, 4) is 0 Å². The Bertz CT molecular complexity index is 460. The molecule has 0 unspecified atom stereocenters. The molecule has 0 heterocycles. The van der Waals surface area contributed by atoms with E-state index in [0.29, 0.717) is 0 Å². The normalized spacial score (nSPS) is 11.8. The van der Waals surface area contributed by atoms with Crippen molar-refractivity contribution in [3.63, 3.8) is 0 Å². The van der Waals surface area contributed by atoms with Crippen LogP contribution in [-0.2, 0) is 9.53 Å². The minimum Gasteiger partial charge on any atom is -0.469 e. The molecule has 5 heteroatoms. The molecule has 0 bridgehead atoms. The average Bonchev–Trinajstić information content (AvgIpc) is 2.37. The highest BCUT2D eigenvalue weighted by atomic mass is 19.1. The van der Waals surface area contributed by atoms with E-state index in [1.807, 2.05) is 0 Å². The van der Waals surface area contributed by atoms with Crippen LogP contribution >= 0.6 is 0 Å². The molecule has 0 aromatic heterocycles. The molecule has 1 N–H and O–H groups in total. The average molecular weight is 253 g/mol. The molecule has 1 aromatic rings. The molecule has 1 atom stereocenters. The first-order valence-electron chi connectivity index (χ1n) is 5.58. The van der Waals surface area contributed by atoms with Crippen LogP contribution in [0.25, 0.3) is 0 Å². The number of esters is 1. The highest BCUT2D eigenvalue weighted by molar-refractivity contribution is 5.94. The second-order valence-corrected chi connectivity index (χ2v) is 4.12. The molecule has 4 nitrogen and oxygen atoms in total. The Labute approximate surface area is 105 Å². The van der Waals surface area contributed by atoms with Gasteiger partial charge in [0, 0.05) is 6.54 Å². The van der Waals surface area contributed by atoms with E-state index in [9.17, 15) is 14.0 Å². The van der Waals surface area contributed by atoms with Gasteiger partial charge in [-0.15, -0.1) is 0 Å². The molecule has 1 amide bonds. The highest BCUT2D eigenvalue weighted by Crippen LogP contribution is 2.10. The number of methoxy groups -OCH3 is 1. The Kier molecular flexibility index (Phi) is 4.83. The van der Waals surface area contributed by atoms with E-state index < -0.39 is 23.6 Å². The smallest absolute Gasteiger partial charge is 0.310 e. The van der Waals surface area contributed by atoms with Gasteiger partial charge in [0.1, 0.15) is 5.82 Å². The number of rotatable bonds is 4. The maximum Gasteiger partial charge on any atom is 0.310 e.